The molecule has 1 aromatic rings. The minimum absolute atomic E-state index is 0.0427. The first-order valence-electron chi connectivity index (χ1n) is 8.07. The van der Waals surface area contributed by atoms with Crippen LogP contribution in [0.3, 0.4) is 0 Å². The van der Waals surface area contributed by atoms with Gasteiger partial charge in [-0.25, -0.2) is 0 Å². The fraction of sp³-hybridized carbons (Fsp3) is 0.500. The van der Waals surface area contributed by atoms with E-state index in [1.165, 1.54) is 19.3 Å². The molecule has 1 atom stereocenters. The third-order valence-electron chi connectivity index (χ3n) is 4.04. The van der Waals surface area contributed by atoms with Crippen LogP contribution in [0.1, 0.15) is 37.7 Å². The second kappa shape index (κ2) is 8.59. The first kappa shape index (κ1) is 16.6. The first-order valence-corrected chi connectivity index (χ1v) is 8.07. The molecule has 0 unspecified atom stereocenters. The Hall–Kier alpha value is -1.81. The lowest BCUT2D eigenvalue weighted by atomic mass is 9.95. The lowest BCUT2D eigenvalue weighted by molar-refractivity contribution is -0.123. The van der Waals surface area contributed by atoms with Gasteiger partial charge in [0.05, 0.1) is 6.04 Å². The van der Waals surface area contributed by atoms with E-state index in [4.69, 9.17) is 10.5 Å². The van der Waals surface area contributed by atoms with Crippen molar-refractivity contribution in [1.29, 1.82) is 0 Å². The number of benzene rings is 1. The van der Waals surface area contributed by atoms with Crippen molar-refractivity contribution in [1.82, 2.24) is 5.32 Å². The largest absolute Gasteiger partial charge is 0.490 e. The maximum atomic E-state index is 12.2. The number of nitrogens with one attached hydrogen (secondary N) is 1. The molecule has 1 amide bonds. The number of hydrogen-bond donors (Lipinski definition) is 2. The van der Waals surface area contributed by atoms with Gasteiger partial charge in [-0.05, 0) is 37.0 Å². The Bertz CT molecular complexity index is 478. The summed E-state index contributed by atoms with van der Waals surface area (Å²) >= 11 is 0. The van der Waals surface area contributed by atoms with E-state index in [2.05, 4.69) is 11.9 Å². The van der Waals surface area contributed by atoms with Crippen molar-refractivity contribution >= 4 is 5.91 Å². The summed E-state index contributed by atoms with van der Waals surface area (Å²) in [6.07, 6.45) is 8.08. The van der Waals surface area contributed by atoms with Crippen LogP contribution >= 0.6 is 0 Å². The number of amides is 1. The second-order valence-electron chi connectivity index (χ2n) is 5.90. The zero-order chi connectivity index (χ0) is 15.8. The zero-order valence-corrected chi connectivity index (χ0v) is 13.1. The van der Waals surface area contributed by atoms with Crippen LogP contribution in [0.2, 0.25) is 0 Å². The average molecular weight is 302 g/mol. The average Bonchev–Trinajstić information content (AvgIpc) is 2.55. The molecule has 0 radical (unpaired) electrons. The van der Waals surface area contributed by atoms with Gasteiger partial charge in [0, 0.05) is 6.04 Å². The molecule has 0 heterocycles. The molecule has 1 aliphatic carbocycles. The summed E-state index contributed by atoms with van der Waals surface area (Å²) in [6, 6.07) is 7.50. The van der Waals surface area contributed by atoms with Crippen LogP contribution in [0.4, 0.5) is 0 Å². The monoisotopic (exact) mass is 302 g/mol. The predicted octanol–water partition coefficient (Wildman–Crippen LogP) is 2.57. The number of carbonyl (C=O) groups excluding carboxylic acids is 1. The third kappa shape index (κ3) is 5.19. The quantitative estimate of drug-likeness (QED) is 0.761. The van der Waals surface area contributed by atoms with Crippen LogP contribution < -0.4 is 15.8 Å². The molecule has 1 aliphatic rings. The van der Waals surface area contributed by atoms with Crippen molar-refractivity contribution in [3.05, 3.63) is 42.5 Å². The Morgan fingerprint density at radius 1 is 1.32 bits per heavy atom. The van der Waals surface area contributed by atoms with Gasteiger partial charge in [-0.3, -0.25) is 4.79 Å². The highest BCUT2D eigenvalue weighted by atomic mass is 16.5. The molecule has 22 heavy (non-hydrogen) atoms. The van der Waals surface area contributed by atoms with Gasteiger partial charge >= 0.3 is 0 Å². The topological polar surface area (TPSA) is 64.3 Å². The molecular formula is C18H26N2O2. The molecule has 120 valence electrons. The summed E-state index contributed by atoms with van der Waals surface area (Å²) in [4.78, 5) is 12.2. The highest BCUT2D eigenvalue weighted by Gasteiger charge is 2.20. The van der Waals surface area contributed by atoms with Gasteiger partial charge in [-0.1, -0.05) is 44.1 Å². The van der Waals surface area contributed by atoms with Crippen molar-refractivity contribution in [3.8, 4) is 5.75 Å². The van der Waals surface area contributed by atoms with E-state index in [0.29, 0.717) is 19.1 Å². The molecule has 0 spiro atoms. The van der Waals surface area contributed by atoms with Crippen molar-refractivity contribution in [3.63, 3.8) is 0 Å². The molecule has 1 fully saturated rings. The van der Waals surface area contributed by atoms with Crippen LogP contribution in [0.5, 0.6) is 5.75 Å². The van der Waals surface area contributed by atoms with Gasteiger partial charge in [-0.2, -0.15) is 0 Å². The van der Waals surface area contributed by atoms with E-state index in [1.807, 2.05) is 24.3 Å². The molecule has 0 saturated heterocycles. The van der Waals surface area contributed by atoms with Gasteiger partial charge in [0.2, 0.25) is 5.91 Å². The second-order valence-corrected chi connectivity index (χ2v) is 5.90. The minimum Gasteiger partial charge on any atom is -0.490 e. The lowest BCUT2D eigenvalue weighted by Gasteiger charge is -2.24. The number of rotatable bonds is 7. The van der Waals surface area contributed by atoms with Crippen LogP contribution in [0.15, 0.2) is 36.9 Å². The molecule has 3 N–H and O–H groups in total. The van der Waals surface area contributed by atoms with Gasteiger partial charge in [0.15, 0.2) is 0 Å². The predicted molar refractivity (Wildman–Crippen MR) is 88.8 cm³/mol. The Labute approximate surface area is 132 Å². The van der Waals surface area contributed by atoms with Crippen LogP contribution in [-0.2, 0) is 11.2 Å². The normalized spacial score (nSPS) is 16.8. The number of hydrogen-bond acceptors (Lipinski definition) is 3. The summed E-state index contributed by atoms with van der Waals surface area (Å²) in [6.45, 7) is 4.10. The highest BCUT2D eigenvalue weighted by molar-refractivity contribution is 5.82. The molecule has 0 bridgehead atoms. The maximum Gasteiger partial charge on any atom is 0.237 e. The van der Waals surface area contributed by atoms with E-state index in [0.717, 1.165) is 24.2 Å². The van der Waals surface area contributed by atoms with E-state index >= 15 is 0 Å². The van der Waals surface area contributed by atoms with Crippen molar-refractivity contribution in [2.75, 3.05) is 6.61 Å². The number of carbonyl (C=O) groups is 1. The SMILES string of the molecule is C=CCOc1ccc(C[C@H](N)C(=O)NC2CCCCC2)cc1. The lowest BCUT2D eigenvalue weighted by Crippen LogP contribution is -2.46. The molecule has 1 aromatic carbocycles. The Balaban J connectivity index is 1.80. The van der Waals surface area contributed by atoms with Gasteiger partial charge in [-0.15, -0.1) is 0 Å². The smallest absolute Gasteiger partial charge is 0.237 e. The number of ether oxygens (including phenoxy) is 1. The Kier molecular flexibility index (Phi) is 6.46. The maximum absolute atomic E-state index is 12.2. The first-order chi connectivity index (χ1) is 10.7. The molecule has 1 saturated carbocycles. The van der Waals surface area contributed by atoms with Crippen LogP contribution in [0.25, 0.3) is 0 Å². The van der Waals surface area contributed by atoms with Crippen molar-refractivity contribution < 1.29 is 9.53 Å². The standard InChI is InChI=1S/C18H26N2O2/c1-2-12-22-16-10-8-14(9-11-16)13-17(19)18(21)20-15-6-4-3-5-7-15/h2,8-11,15,17H,1,3-7,12-13,19H2,(H,20,21)/t17-/m0/s1. The van der Waals surface area contributed by atoms with Gasteiger partial charge in [0.25, 0.3) is 0 Å². The summed E-state index contributed by atoms with van der Waals surface area (Å²) in [5.41, 5.74) is 7.07. The van der Waals surface area contributed by atoms with E-state index < -0.39 is 6.04 Å². The molecule has 4 nitrogen and oxygen atoms in total. The van der Waals surface area contributed by atoms with E-state index in [1.54, 1.807) is 6.08 Å². The van der Waals surface area contributed by atoms with Gasteiger partial charge in [0.1, 0.15) is 12.4 Å². The molecule has 0 aromatic heterocycles. The minimum atomic E-state index is -0.498. The fourth-order valence-electron chi connectivity index (χ4n) is 2.78. The van der Waals surface area contributed by atoms with Crippen molar-refractivity contribution in [2.45, 2.75) is 50.6 Å². The van der Waals surface area contributed by atoms with Gasteiger partial charge < -0.3 is 15.8 Å². The molecule has 2 rings (SSSR count). The summed E-state index contributed by atoms with van der Waals surface area (Å²) in [5, 5.41) is 3.08. The Morgan fingerprint density at radius 2 is 2.00 bits per heavy atom. The zero-order valence-electron chi connectivity index (χ0n) is 13.1. The molecular weight excluding hydrogens is 276 g/mol. The summed E-state index contributed by atoms with van der Waals surface area (Å²) in [7, 11) is 0. The van der Waals surface area contributed by atoms with E-state index in [9.17, 15) is 4.79 Å². The van der Waals surface area contributed by atoms with E-state index in [-0.39, 0.29) is 5.91 Å². The van der Waals surface area contributed by atoms with Crippen LogP contribution in [-0.4, -0.2) is 24.6 Å². The molecule has 0 aliphatic heterocycles. The van der Waals surface area contributed by atoms with Crippen molar-refractivity contribution in [2.24, 2.45) is 5.73 Å². The molecule has 4 heteroatoms. The fourth-order valence-corrected chi connectivity index (χ4v) is 2.78. The third-order valence-corrected chi connectivity index (χ3v) is 4.04. The highest BCUT2D eigenvalue weighted by Crippen LogP contribution is 2.18. The number of nitrogens with two attached hydrogens (primary N) is 1. The van der Waals surface area contributed by atoms with Crippen LogP contribution in [0, 0.1) is 0 Å². The Morgan fingerprint density at radius 3 is 2.64 bits per heavy atom. The summed E-state index contributed by atoms with van der Waals surface area (Å²) < 4.78 is 5.43. The summed E-state index contributed by atoms with van der Waals surface area (Å²) in [5.74, 6) is 0.753.